The second-order valence-corrected chi connectivity index (χ2v) is 7.29. The number of amides is 1. The van der Waals surface area contributed by atoms with Gasteiger partial charge in [-0.1, -0.05) is 0 Å². The van der Waals surface area contributed by atoms with Crippen LogP contribution in [-0.2, 0) is 14.3 Å². The summed E-state index contributed by atoms with van der Waals surface area (Å²) in [6, 6.07) is 0.00431. The highest BCUT2D eigenvalue weighted by atomic mass is 16.5. The highest BCUT2D eigenvalue weighted by Crippen LogP contribution is 2.30. The minimum absolute atomic E-state index is 0.00431. The molecule has 1 N–H and O–H groups in total. The van der Waals surface area contributed by atoms with Gasteiger partial charge in [0.1, 0.15) is 0 Å². The summed E-state index contributed by atoms with van der Waals surface area (Å²) in [5.41, 5.74) is 0. The third-order valence-electron chi connectivity index (χ3n) is 5.06. The van der Waals surface area contributed by atoms with E-state index in [0.29, 0.717) is 13.2 Å². The quantitative estimate of drug-likeness (QED) is 0.762. The van der Waals surface area contributed by atoms with Gasteiger partial charge in [0.25, 0.3) is 0 Å². The molecule has 1 amide bonds. The molecule has 132 valence electrons. The average molecular weight is 325 g/mol. The number of rotatable bonds is 6. The van der Waals surface area contributed by atoms with E-state index in [4.69, 9.17) is 9.47 Å². The van der Waals surface area contributed by atoms with Crippen molar-refractivity contribution in [2.24, 2.45) is 5.92 Å². The minimum Gasteiger partial charge on any atom is -0.379 e. The van der Waals surface area contributed by atoms with Crippen molar-refractivity contribution < 1.29 is 14.3 Å². The second-order valence-electron chi connectivity index (χ2n) is 7.29. The fraction of sp³-hybridized carbons (Fsp3) is 0.941. The normalized spacial score (nSPS) is 30.8. The van der Waals surface area contributed by atoms with Crippen molar-refractivity contribution in [2.45, 2.75) is 37.8 Å². The standard InChI is InChI=1S/C17H31N3O3/c1-19-6-2-7-20(9-8-19)11-17(21)18-15-13-22-10-5-16(15)23-12-14-3-4-14/h14-16H,2-13H2,1H3,(H,18,21)/t15-,16+/m1/s1. The molecular weight excluding hydrogens is 294 g/mol. The molecule has 3 fully saturated rings. The predicted octanol–water partition coefficient (Wildman–Crippen LogP) is 0.324. The van der Waals surface area contributed by atoms with E-state index in [2.05, 4.69) is 22.2 Å². The van der Waals surface area contributed by atoms with Gasteiger partial charge >= 0.3 is 0 Å². The molecule has 6 heteroatoms. The van der Waals surface area contributed by atoms with Gasteiger partial charge in [-0.3, -0.25) is 9.69 Å². The Bertz CT molecular complexity index is 389. The molecule has 2 atom stereocenters. The fourth-order valence-electron chi connectivity index (χ4n) is 3.31. The van der Waals surface area contributed by atoms with Crippen LogP contribution in [0.15, 0.2) is 0 Å². The highest BCUT2D eigenvalue weighted by Gasteiger charge is 2.31. The Labute approximate surface area is 139 Å². The summed E-state index contributed by atoms with van der Waals surface area (Å²) in [7, 11) is 2.14. The fourth-order valence-corrected chi connectivity index (χ4v) is 3.31. The Morgan fingerprint density at radius 3 is 2.91 bits per heavy atom. The Morgan fingerprint density at radius 1 is 1.22 bits per heavy atom. The molecule has 3 aliphatic rings. The van der Waals surface area contributed by atoms with Crippen molar-refractivity contribution in [1.82, 2.24) is 15.1 Å². The van der Waals surface area contributed by atoms with Crippen molar-refractivity contribution in [3.05, 3.63) is 0 Å². The van der Waals surface area contributed by atoms with E-state index in [0.717, 1.165) is 58.2 Å². The molecule has 0 aromatic carbocycles. The van der Waals surface area contributed by atoms with Crippen LogP contribution < -0.4 is 5.32 Å². The number of carbonyl (C=O) groups excluding carboxylic acids is 1. The number of carbonyl (C=O) groups is 1. The van der Waals surface area contributed by atoms with Gasteiger partial charge in [-0.2, -0.15) is 0 Å². The van der Waals surface area contributed by atoms with Gasteiger partial charge in [0, 0.05) is 26.3 Å². The molecule has 0 aromatic heterocycles. The topological polar surface area (TPSA) is 54.0 Å². The Morgan fingerprint density at radius 2 is 2.09 bits per heavy atom. The lowest BCUT2D eigenvalue weighted by molar-refractivity contribution is -0.127. The maximum Gasteiger partial charge on any atom is 0.234 e. The molecule has 23 heavy (non-hydrogen) atoms. The molecular formula is C17H31N3O3. The summed E-state index contributed by atoms with van der Waals surface area (Å²) in [4.78, 5) is 17.0. The van der Waals surface area contributed by atoms with Gasteiger partial charge in [0.15, 0.2) is 0 Å². The number of nitrogens with one attached hydrogen (secondary N) is 1. The summed E-state index contributed by atoms with van der Waals surface area (Å²) in [5, 5.41) is 3.15. The maximum atomic E-state index is 12.4. The number of likely N-dealkylation sites (N-methyl/N-ethyl adjacent to an activating group) is 1. The summed E-state index contributed by atoms with van der Waals surface area (Å²) < 4.78 is 11.6. The molecule has 0 bridgehead atoms. The Kier molecular flexibility index (Phi) is 6.28. The molecule has 1 aliphatic carbocycles. The number of ether oxygens (including phenoxy) is 2. The molecule has 0 unspecified atom stereocenters. The van der Waals surface area contributed by atoms with E-state index in [9.17, 15) is 4.79 Å². The first-order valence-corrected chi connectivity index (χ1v) is 9.10. The molecule has 6 nitrogen and oxygen atoms in total. The van der Waals surface area contributed by atoms with Gasteiger partial charge in [-0.05, 0) is 51.7 Å². The Hall–Kier alpha value is -0.690. The molecule has 2 aliphatic heterocycles. The highest BCUT2D eigenvalue weighted by molar-refractivity contribution is 5.78. The van der Waals surface area contributed by atoms with Crippen molar-refractivity contribution in [3.8, 4) is 0 Å². The first kappa shape index (κ1) is 17.1. The first-order chi connectivity index (χ1) is 11.2. The lowest BCUT2D eigenvalue weighted by atomic mass is 10.1. The predicted molar refractivity (Wildman–Crippen MR) is 88.4 cm³/mol. The molecule has 1 saturated carbocycles. The molecule has 3 rings (SSSR count). The van der Waals surface area contributed by atoms with Crippen LogP contribution in [0.4, 0.5) is 0 Å². The van der Waals surface area contributed by atoms with Crippen LogP contribution in [0.3, 0.4) is 0 Å². The Balaban J connectivity index is 1.42. The van der Waals surface area contributed by atoms with Gasteiger partial charge in [0.05, 0.1) is 25.3 Å². The lowest BCUT2D eigenvalue weighted by Gasteiger charge is -2.32. The summed E-state index contributed by atoms with van der Waals surface area (Å²) in [5.74, 6) is 0.855. The van der Waals surface area contributed by atoms with Crippen LogP contribution >= 0.6 is 0 Å². The minimum atomic E-state index is 0.00431. The van der Waals surface area contributed by atoms with E-state index in [-0.39, 0.29) is 18.1 Å². The average Bonchev–Trinajstić information content (AvgIpc) is 3.36. The molecule has 0 spiro atoms. The van der Waals surface area contributed by atoms with Crippen LogP contribution in [0.25, 0.3) is 0 Å². The monoisotopic (exact) mass is 325 g/mol. The zero-order valence-corrected chi connectivity index (χ0v) is 14.3. The summed E-state index contributed by atoms with van der Waals surface area (Å²) >= 11 is 0. The van der Waals surface area contributed by atoms with E-state index in [1.165, 1.54) is 12.8 Å². The summed E-state index contributed by atoms with van der Waals surface area (Å²) in [6.07, 6.45) is 4.71. The van der Waals surface area contributed by atoms with E-state index in [1.54, 1.807) is 0 Å². The van der Waals surface area contributed by atoms with Crippen molar-refractivity contribution in [1.29, 1.82) is 0 Å². The zero-order valence-electron chi connectivity index (χ0n) is 14.3. The zero-order chi connectivity index (χ0) is 16.1. The smallest absolute Gasteiger partial charge is 0.234 e. The van der Waals surface area contributed by atoms with Gasteiger partial charge in [-0.15, -0.1) is 0 Å². The molecule has 0 aromatic rings. The molecule has 0 radical (unpaired) electrons. The second kappa shape index (κ2) is 8.42. The molecule has 2 heterocycles. The van der Waals surface area contributed by atoms with Crippen LogP contribution in [0.2, 0.25) is 0 Å². The first-order valence-electron chi connectivity index (χ1n) is 9.10. The van der Waals surface area contributed by atoms with Crippen LogP contribution in [-0.4, -0.2) is 87.4 Å². The lowest BCUT2D eigenvalue weighted by Crippen LogP contribution is -2.53. The number of nitrogens with zero attached hydrogens (tertiary/aromatic N) is 2. The van der Waals surface area contributed by atoms with Crippen LogP contribution in [0, 0.1) is 5.92 Å². The van der Waals surface area contributed by atoms with E-state index >= 15 is 0 Å². The third-order valence-corrected chi connectivity index (χ3v) is 5.06. The van der Waals surface area contributed by atoms with Crippen molar-refractivity contribution in [2.75, 3.05) is 59.6 Å². The van der Waals surface area contributed by atoms with Crippen molar-refractivity contribution in [3.63, 3.8) is 0 Å². The largest absolute Gasteiger partial charge is 0.379 e. The van der Waals surface area contributed by atoms with Crippen LogP contribution in [0.5, 0.6) is 0 Å². The number of hydrogen-bond acceptors (Lipinski definition) is 5. The third kappa shape index (κ3) is 5.71. The SMILES string of the molecule is CN1CCCN(CC(=O)N[C@@H]2COCC[C@@H]2OCC2CC2)CC1. The summed E-state index contributed by atoms with van der Waals surface area (Å²) in [6.45, 7) is 6.75. The van der Waals surface area contributed by atoms with Crippen molar-refractivity contribution >= 4 is 5.91 Å². The van der Waals surface area contributed by atoms with Gasteiger partial charge < -0.3 is 19.7 Å². The van der Waals surface area contributed by atoms with E-state index < -0.39 is 0 Å². The van der Waals surface area contributed by atoms with Gasteiger partial charge in [0.2, 0.25) is 5.91 Å². The van der Waals surface area contributed by atoms with Crippen LogP contribution in [0.1, 0.15) is 25.7 Å². The molecule has 2 saturated heterocycles. The van der Waals surface area contributed by atoms with Gasteiger partial charge in [-0.25, -0.2) is 0 Å². The van der Waals surface area contributed by atoms with E-state index in [1.807, 2.05) is 0 Å². The number of hydrogen-bond donors (Lipinski definition) is 1. The maximum absolute atomic E-state index is 12.4.